The zero-order chi connectivity index (χ0) is 14.6. The average Bonchev–Trinajstić information content (AvgIpc) is 2.62. The molecule has 0 radical (unpaired) electrons. The minimum Gasteiger partial charge on any atom is -0.463 e. The summed E-state index contributed by atoms with van der Waals surface area (Å²) < 4.78 is 12.8. The molecule has 0 amide bonds. The second-order valence-electron chi connectivity index (χ2n) is 5.87. The van der Waals surface area contributed by atoms with Crippen LogP contribution in [0.25, 0.3) is 0 Å². The Morgan fingerprint density at radius 2 is 1.68 bits per heavy atom. The zero-order valence-electron chi connectivity index (χ0n) is 12.1. The summed E-state index contributed by atoms with van der Waals surface area (Å²) in [6.07, 6.45) is -1.11. The van der Waals surface area contributed by atoms with E-state index < -0.39 is 24.4 Å². The normalized spacial score (nSPS) is 20.8. The molecule has 1 N–H and O–H groups in total. The van der Waals surface area contributed by atoms with Gasteiger partial charge >= 0.3 is 13.2 Å². The van der Waals surface area contributed by atoms with E-state index in [0.717, 1.165) is 4.68 Å². The van der Waals surface area contributed by atoms with Crippen LogP contribution in [0.5, 0.6) is 0 Å². The number of aryl methyl sites for hydroxylation is 1. The maximum absolute atomic E-state index is 11.1. The van der Waals surface area contributed by atoms with Crippen molar-refractivity contribution >= 4 is 18.7 Å². The summed E-state index contributed by atoms with van der Waals surface area (Å²) in [4.78, 5) is 11.1. The zero-order valence-corrected chi connectivity index (χ0v) is 12.1. The molecule has 7 heteroatoms. The van der Waals surface area contributed by atoms with Crippen LogP contribution in [-0.2, 0) is 9.31 Å². The molecule has 0 unspecified atom stereocenters. The molecule has 0 bridgehead atoms. The molecular formula is C12H19BN2O4. The van der Waals surface area contributed by atoms with E-state index in [1.165, 1.54) is 0 Å². The molecular weight excluding hydrogens is 247 g/mol. The van der Waals surface area contributed by atoms with Gasteiger partial charge in [-0.3, -0.25) is 0 Å². The maximum Gasteiger partial charge on any atom is 0.498 e. The van der Waals surface area contributed by atoms with Gasteiger partial charge in [0.25, 0.3) is 0 Å². The fourth-order valence-corrected chi connectivity index (χ4v) is 2.14. The first-order valence-corrected chi connectivity index (χ1v) is 6.22. The van der Waals surface area contributed by atoms with Crippen molar-refractivity contribution in [2.24, 2.45) is 0 Å². The number of carbonyl (C=O) groups is 1. The Hall–Kier alpha value is -1.34. The Morgan fingerprint density at radius 1 is 1.21 bits per heavy atom. The third-order valence-electron chi connectivity index (χ3n) is 4.02. The molecule has 1 aromatic heterocycles. The smallest absolute Gasteiger partial charge is 0.463 e. The lowest BCUT2D eigenvalue weighted by molar-refractivity contribution is 0.00578. The van der Waals surface area contributed by atoms with Crippen molar-refractivity contribution in [3.8, 4) is 0 Å². The van der Waals surface area contributed by atoms with E-state index in [9.17, 15) is 4.79 Å². The van der Waals surface area contributed by atoms with Crippen molar-refractivity contribution < 1.29 is 19.2 Å². The van der Waals surface area contributed by atoms with Crippen molar-refractivity contribution in [2.45, 2.75) is 52.7 Å². The van der Waals surface area contributed by atoms with Crippen LogP contribution in [0.3, 0.4) is 0 Å². The first kappa shape index (κ1) is 14.1. The molecule has 0 saturated carbocycles. The molecule has 0 atom stereocenters. The highest BCUT2D eigenvalue weighted by molar-refractivity contribution is 6.63. The van der Waals surface area contributed by atoms with Gasteiger partial charge in [0.2, 0.25) is 0 Å². The Morgan fingerprint density at radius 3 is 2.05 bits per heavy atom. The van der Waals surface area contributed by atoms with E-state index in [1.54, 1.807) is 13.8 Å². The maximum atomic E-state index is 11.1. The van der Waals surface area contributed by atoms with Crippen LogP contribution < -0.4 is 5.46 Å². The SMILES string of the molecule is Cc1nn(C(=O)O)c(C)c1B1OC(C)(C)C(C)(C)O1. The molecule has 1 fully saturated rings. The molecule has 0 aliphatic carbocycles. The van der Waals surface area contributed by atoms with Crippen LogP contribution in [0.1, 0.15) is 39.1 Å². The number of nitrogens with zero attached hydrogens (tertiary/aromatic N) is 2. The van der Waals surface area contributed by atoms with Crippen LogP contribution in [0, 0.1) is 13.8 Å². The van der Waals surface area contributed by atoms with Crippen molar-refractivity contribution in [1.29, 1.82) is 0 Å². The first-order valence-electron chi connectivity index (χ1n) is 6.22. The van der Waals surface area contributed by atoms with Gasteiger partial charge in [0.05, 0.1) is 16.9 Å². The van der Waals surface area contributed by atoms with Gasteiger partial charge in [-0.1, -0.05) is 0 Å². The molecule has 104 valence electrons. The second-order valence-corrected chi connectivity index (χ2v) is 5.87. The predicted octanol–water partition coefficient (Wildman–Crippen LogP) is 1.33. The average molecular weight is 266 g/mol. The Kier molecular flexibility index (Phi) is 3.02. The standard InChI is InChI=1S/C12H19BN2O4/c1-7-9(8(2)15(14-7)10(16)17)13-18-11(3,4)12(5,6)19-13/h1-6H3,(H,16,17). The van der Waals surface area contributed by atoms with E-state index in [-0.39, 0.29) is 0 Å². The third-order valence-corrected chi connectivity index (χ3v) is 4.02. The van der Waals surface area contributed by atoms with E-state index in [0.29, 0.717) is 16.9 Å². The summed E-state index contributed by atoms with van der Waals surface area (Å²) >= 11 is 0. The molecule has 19 heavy (non-hydrogen) atoms. The fourth-order valence-electron chi connectivity index (χ4n) is 2.14. The predicted molar refractivity (Wildman–Crippen MR) is 70.8 cm³/mol. The first-order chi connectivity index (χ1) is 8.57. The summed E-state index contributed by atoms with van der Waals surface area (Å²) in [5.41, 5.74) is 0.923. The van der Waals surface area contributed by atoms with Crippen LogP contribution in [0.15, 0.2) is 0 Å². The van der Waals surface area contributed by atoms with Gasteiger partial charge in [0, 0.05) is 11.2 Å². The van der Waals surface area contributed by atoms with Crippen molar-refractivity contribution in [3.63, 3.8) is 0 Å². The molecule has 1 aliphatic heterocycles. The minimum atomic E-state index is -1.11. The van der Waals surface area contributed by atoms with Crippen molar-refractivity contribution in [3.05, 3.63) is 11.4 Å². The quantitative estimate of drug-likeness (QED) is 0.776. The van der Waals surface area contributed by atoms with E-state index in [4.69, 9.17) is 14.4 Å². The molecule has 2 rings (SSSR count). The number of aromatic nitrogens is 2. The molecule has 0 aromatic carbocycles. The highest BCUT2D eigenvalue weighted by Crippen LogP contribution is 2.36. The summed E-state index contributed by atoms with van der Waals surface area (Å²) in [6.45, 7) is 11.3. The van der Waals surface area contributed by atoms with Gasteiger partial charge in [-0.05, 0) is 41.5 Å². The van der Waals surface area contributed by atoms with Crippen LogP contribution in [-0.4, -0.2) is 39.3 Å². The Balaban J connectivity index is 2.43. The molecule has 1 aliphatic rings. The Bertz CT molecular complexity index is 520. The van der Waals surface area contributed by atoms with E-state index in [1.807, 2.05) is 27.7 Å². The second kappa shape index (κ2) is 4.08. The van der Waals surface area contributed by atoms with Crippen LogP contribution >= 0.6 is 0 Å². The summed E-state index contributed by atoms with van der Waals surface area (Å²) in [6, 6.07) is 0. The molecule has 6 nitrogen and oxygen atoms in total. The summed E-state index contributed by atoms with van der Waals surface area (Å²) in [5.74, 6) is 0. The lowest BCUT2D eigenvalue weighted by atomic mass is 9.77. The number of hydrogen-bond acceptors (Lipinski definition) is 4. The number of rotatable bonds is 1. The number of carboxylic acid groups (broad SMARTS) is 1. The van der Waals surface area contributed by atoms with E-state index >= 15 is 0 Å². The van der Waals surface area contributed by atoms with Gasteiger partial charge in [0.15, 0.2) is 0 Å². The highest BCUT2D eigenvalue weighted by atomic mass is 16.7. The largest absolute Gasteiger partial charge is 0.498 e. The fraction of sp³-hybridized carbons (Fsp3) is 0.667. The molecule has 0 spiro atoms. The van der Waals surface area contributed by atoms with Gasteiger partial charge in [-0.15, -0.1) is 0 Å². The van der Waals surface area contributed by atoms with Gasteiger partial charge in [0.1, 0.15) is 0 Å². The van der Waals surface area contributed by atoms with Gasteiger partial charge < -0.3 is 14.4 Å². The highest BCUT2D eigenvalue weighted by Gasteiger charge is 2.53. The summed E-state index contributed by atoms with van der Waals surface area (Å²) in [5, 5.41) is 13.1. The molecule has 1 aromatic rings. The lowest BCUT2D eigenvalue weighted by Crippen LogP contribution is -2.41. The Labute approximate surface area is 112 Å². The van der Waals surface area contributed by atoms with Crippen LogP contribution in [0.4, 0.5) is 4.79 Å². The molecule has 1 saturated heterocycles. The molecule has 2 heterocycles. The number of hydrogen-bond donors (Lipinski definition) is 1. The van der Waals surface area contributed by atoms with E-state index in [2.05, 4.69) is 5.10 Å². The van der Waals surface area contributed by atoms with Gasteiger partial charge in [-0.2, -0.15) is 9.78 Å². The lowest BCUT2D eigenvalue weighted by Gasteiger charge is -2.32. The van der Waals surface area contributed by atoms with Crippen LogP contribution in [0.2, 0.25) is 0 Å². The summed E-state index contributed by atoms with van der Waals surface area (Å²) in [7, 11) is -0.585. The van der Waals surface area contributed by atoms with Crippen molar-refractivity contribution in [1.82, 2.24) is 9.78 Å². The van der Waals surface area contributed by atoms with Gasteiger partial charge in [-0.25, -0.2) is 4.79 Å². The third kappa shape index (κ3) is 2.06. The topological polar surface area (TPSA) is 73.6 Å². The minimum absolute atomic E-state index is 0.456. The monoisotopic (exact) mass is 266 g/mol. The van der Waals surface area contributed by atoms with Crippen molar-refractivity contribution in [2.75, 3.05) is 0 Å².